The zero-order chi connectivity index (χ0) is 12.5. The minimum atomic E-state index is -0.244. The summed E-state index contributed by atoms with van der Waals surface area (Å²) in [6.45, 7) is 4.62. The third-order valence-corrected chi connectivity index (χ3v) is 3.16. The molecule has 1 fully saturated rings. The second-order valence-electron chi connectivity index (χ2n) is 5.67. The van der Waals surface area contributed by atoms with Crippen LogP contribution in [0, 0.1) is 11.3 Å². The molecule has 5 nitrogen and oxygen atoms in total. The summed E-state index contributed by atoms with van der Waals surface area (Å²) < 4.78 is 1.78. The van der Waals surface area contributed by atoms with Crippen LogP contribution in [0.3, 0.4) is 0 Å². The molecule has 0 atom stereocenters. The van der Waals surface area contributed by atoms with Gasteiger partial charge in [-0.15, -0.1) is 5.10 Å². The Hall–Kier alpha value is -1.23. The van der Waals surface area contributed by atoms with Gasteiger partial charge >= 0.3 is 0 Å². The summed E-state index contributed by atoms with van der Waals surface area (Å²) >= 11 is 0. The number of carbonyl (C=O) groups is 1. The van der Waals surface area contributed by atoms with Crippen molar-refractivity contribution in [2.24, 2.45) is 11.3 Å². The monoisotopic (exact) mass is 237 g/mol. The number of aldehydes is 1. The van der Waals surface area contributed by atoms with Gasteiger partial charge in [0, 0.05) is 12.0 Å². The number of hydrogen-bond acceptors (Lipinski definition) is 4. The highest BCUT2D eigenvalue weighted by Gasteiger charge is 2.27. The first kappa shape index (κ1) is 12.2. The third-order valence-electron chi connectivity index (χ3n) is 3.16. The lowest BCUT2D eigenvalue weighted by molar-refractivity contribution is 0.111. The average molecular weight is 237 g/mol. The zero-order valence-electron chi connectivity index (χ0n) is 10.4. The topological polar surface area (TPSA) is 68.0 Å². The van der Waals surface area contributed by atoms with Gasteiger partial charge in [-0.05, 0) is 25.2 Å². The standard InChI is InChI=1S/C12H19N3O2/c1-12(2,8-17)7-15-11(5-9-3-4-9)10(6-16)13-14-15/h6,9,17H,3-5,7-8H2,1-2H3. The Morgan fingerprint density at radius 2 is 2.24 bits per heavy atom. The molecule has 1 aromatic heterocycles. The van der Waals surface area contributed by atoms with E-state index in [1.807, 2.05) is 13.8 Å². The SMILES string of the molecule is CC(C)(CO)Cn1nnc(C=O)c1CC1CC1. The highest BCUT2D eigenvalue weighted by atomic mass is 16.3. The number of aliphatic hydroxyl groups is 1. The number of hydrogen-bond donors (Lipinski definition) is 1. The van der Waals surface area contributed by atoms with Crippen molar-refractivity contribution in [2.45, 2.75) is 39.7 Å². The lowest BCUT2D eigenvalue weighted by atomic mass is 9.95. The van der Waals surface area contributed by atoms with Crippen molar-refractivity contribution in [2.75, 3.05) is 6.61 Å². The molecule has 0 bridgehead atoms. The van der Waals surface area contributed by atoms with E-state index >= 15 is 0 Å². The number of aromatic nitrogens is 3. The van der Waals surface area contributed by atoms with Crippen LogP contribution in [0.4, 0.5) is 0 Å². The summed E-state index contributed by atoms with van der Waals surface area (Å²) in [4.78, 5) is 10.9. The van der Waals surface area contributed by atoms with Crippen LogP contribution < -0.4 is 0 Å². The fraction of sp³-hybridized carbons (Fsp3) is 0.750. The van der Waals surface area contributed by atoms with E-state index in [1.165, 1.54) is 12.8 Å². The molecule has 0 spiro atoms. The van der Waals surface area contributed by atoms with Crippen molar-refractivity contribution in [1.82, 2.24) is 15.0 Å². The highest BCUT2D eigenvalue weighted by Crippen LogP contribution is 2.33. The minimum Gasteiger partial charge on any atom is -0.396 e. The lowest BCUT2D eigenvalue weighted by Gasteiger charge is -2.22. The first-order valence-electron chi connectivity index (χ1n) is 6.04. The van der Waals surface area contributed by atoms with Gasteiger partial charge in [0.1, 0.15) is 5.69 Å². The number of rotatable bonds is 6. The highest BCUT2D eigenvalue weighted by molar-refractivity contribution is 5.73. The van der Waals surface area contributed by atoms with Gasteiger partial charge in [-0.3, -0.25) is 4.79 Å². The molecule has 5 heteroatoms. The summed E-state index contributed by atoms with van der Waals surface area (Å²) in [6, 6.07) is 0. The Kier molecular flexibility index (Phi) is 3.28. The van der Waals surface area contributed by atoms with Crippen LogP contribution >= 0.6 is 0 Å². The molecule has 0 saturated heterocycles. The van der Waals surface area contributed by atoms with E-state index < -0.39 is 0 Å². The van der Waals surface area contributed by atoms with Crippen LogP contribution in [0.1, 0.15) is 42.9 Å². The van der Waals surface area contributed by atoms with Crippen LogP contribution in [0.15, 0.2) is 0 Å². The van der Waals surface area contributed by atoms with E-state index in [4.69, 9.17) is 0 Å². The molecule has 2 rings (SSSR count). The van der Waals surface area contributed by atoms with Crippen LogP contribution in [0.25, 0.3) is 0 Å². The Morgan fingerprint density at radius 3 is 2.76 bits per heavy atom. The third kappa shape index (κ3) is 2.91. The first-order valence-corrected chi connectivity index (χ1v) is 6.04. The van der Waals surface area contributed by atoms with E-state index in [1.54, 1.807) is 4.68 Å². The van der Waals surface area contributed by atoms with Crippen molar-refractivity contribution in [1.29, 1.82) is 0 Å². The second kappa shape index (κ2) is 4.56. The summed E-state index contributed by atoms with van der Waals surface area (Å²) in [6.07, 6.45) is 4.11. The van der Waals surface area contributed by atoms with Gasteiger partial charge in [0.15, 0.2) is 6.29 Å². The molecule has 1 aromatic rings. The summed E-state index contributed by atoms with van der Waals surface area (Å²) in [5, 5.41) is 17.2. The van der Waals surface area contributed by atoms with Crippen molar-refractivity contribution in [3.8, 4) is 0 Å². The van der Waals surface area contributed by atoms with E-state index in [0.717, 1.165) is 18.4 Å². The smallest absolute Gasteiger partial charge is 0.172 e. The maximum atomic E-state index is 10.9. The molecule has 17 heavy (non-hydrogen) atoms. The van der Waals surface area contributed by atoms with Crippen molar-refractivity contribution >= 4 is 6.29 Å². The molecule has 1 heterocycles. The maximum absolute atomic E-state index is 10.9. The molecule has 1 saturated carbocycles. The zero-order valence-corrected chi connectivity index (χ0v) is 10.4. The molecular weight excluding hydrogens is 218 g/mol. The summed E-state index contributed by atoms with van der Waals surface area (Å²) in [5.41, 5.74) is 1.13. The Morgan fingerprint density at radius 1 is 1.53 bits per heavy atom. The van der Waals surface area contributed by atoms with Crippen molar-refractivity contribution in [3.05, 3.63) is 11.4 Å². The average Bonchev–Trinajstić information content (AvgIpc) is 3.03. The molecule has 0 aliphatic heterocycles. The van der Waals surface area contributed by atoms with E-state index in [-0.39, 0.29) is 12.0 Å². The lowest BCUT2D eigenvalue weighted by Crippen LogP contribution is -2.25. The molecule has 0 radical (unpaired) electrons. The molecule has 0 aromatic carbocycles. The molecular formula is C12H19N3O2. The molecule has 0 unspecified atom stereocenters. The van der Waals surface area contributed by atoms with Gasteiger partial charge in [-0.1, -0.05) is 19.1 Å². The van der Waals surface area contributed by atoms with Crippen LogP contribution in [0.5, 0.6) is 0 Å². The normalized spacial score (nSPS) is 16.2. The number of aliphatic hydroxyl groups excluding tert-OH is 1. The molecule has 1 aliphatic rings. The van der Waals surface area contributed by atoms with Gasteiger partial charge in [0.25, 0.3) is 0 Å². The van der Waals surface area contributed by atoms with Crippen LogP contribution in [0.2, 0.25) is 0 Å². The fourth-order valence-corrected chi connectivity index (χ4v) is 1.83. The number of nitrogens with zero attached hydrogens (tertiary/aromatic N) is 3. The second-order valence-corrected chi connectivity index (χ2v) is 5.67. The van der Waals surface area contributed by atoms with Gasteiger partial charge in [-0.2, -0.15) is 0 Å². The Labute approximate surface area is 101 Å². The molecule has 1 N–H and O–H groups in total. The molecule has 0 amide bonds. The largest absolute Gasteiger partial charge is 0.396 e. The van der Waals surface area contributed by atoms with Crippen molar-refractivity contribution < 1.29 is 9.90 Å². The van der Waals surface area contributed by atoms with Crippen LogP contribution in [-0.4, -0.2) is 33.0 Å². The van der Waals surface area contributed by atoms with E-state index in [2.05, 4.69) is 10.3 Å². The van der Waals surface area contributed by atoms with E-state index in [9.17, 15) is 9.90 Å². The molecule has 94 valence electrons. The predicted octanol–water partition coefficient (Wildman–Crippen LogP) is 1.06. The Balaban J connectivity index is 2.20. The van der Waals surface area contributed by atoms with Gasteiger partial charge in [-0.25, -0.2) is 4.68 Å². The predicted molar refractivity (Wildman–Crippen MR) is 62.7 cm³/mol. The summed E-state index contributed by atoms with van der Waals surface area (Å²) in [7, 11) is 0. The van der Waals surface area contributed by atoms with E-state index in [0.29, 0.717) is 18.2 Å². The maximum Gasteiger partial charge on any atom is 0.172 e. The first-order chi connectivity index (χ1) is 8.05. The van der Waals surface area contributed by atoms with Gasteiger partial charge in [0.05, 0.1) is 12.2 Å². The molecule has 1 aliphatic carbocycles. The van der Waals surface area contributed by atoms with Gasteiger partial charge in [0.2, 0.25) is 0 Å². The summed E-state index contributed by atoms with van der Waals surface area (Å²) in [5.74, 6) is 0.684. The van der Waals surface area contributed by atoms with Crippen LogP contribution in [-0.2, 0) is 13.0 Å². The van der Waals surface area contributed by atoms with Gasteiger partial charge < -0.3 is 5.11 Å². The number of carbonyl (C=O) groups excluding carboxylic acids is 1. The fourth-order valence-electron chi connectivity index (χ4n) is 1.83. The quantitative estimate of drug-likeness (QED) is 0.751. The Bertz CT molecular complexity index is 408. The van der Waals surface area contributed by atoms with Crippen molar-refractivity contribution in [3.63, 3.8) is 0 Å². The minimum absolute atomic E-state index is 0.0894.